The molecular weight excluding hydrogens is 351 g/mol. The Morgan fingerprint density at radius 3 is 2.78 bits per heavy atom. The summed E-state index contributed by atoms with van der Waals surface area (Å²) in [6.07, 6.45) is 2.35. The zero-order valence-corrected chi connectivity index (χ0v) is 15.2. The number of ether oxygens (including phenoxy) is 1. The van der Waals surface area contributed by atoms with Crippen molar-refractivity contribution in [3.63, 3.8) is 0 Å². The number of fused-ring (bicyclic) bond motifs is 1. The summed E-state index contributed by atoms with van der Waals surface area (Å²) in [5.74, 6) is 0.592. The van der Waals surface area contributed by atoms with Crippen molar-refractivity contribution < 1.29 is 13.9 Å². The van der Waals surface area contributed by atoms with Crippen LogP contribution in [-0.4, -0.2) is 45.8 Å². The average Bonchev–Trinajstić information content (AvgIpc) is 3.33. The molecule has 2 atom stereocenters. The number of pyridine rings is 1. The summed E-state index contributed by atoms with van der Waals surface area (Å²) < 4.78 is 20.4. The fraction of sp³-hybridized carbons (Fsp3) is 0.333. The number of nitrogens with zero attached hydrogens (tertiary/aromatic N) is 4. The maximum atomic E-state index is 13.1. The SMILES string of the molecule is CNc1ncnc(OC)c1-c1cc2cc(NC(=O)[C@@H]3C[C@@H]3F)ncc2n1C. The zero-order valence-electron chi connectivity index (χ0n) is 15.2. The fourth-order valence-electron chi connectivity index (χ4n) is 3.14. The molecule has 0 bridgehead atoms. The number of aryl methyl sites for hydroxylation is 1. The van der Waals surface area contributed by atoms with Crippen LogP contribution in [0.4, 0.5) is 16.0 Å². The lowest BCUT2D eigenvalue weighted by Gasteiger charge is -2.12. The molecule has 1 aliphatic carbocycles. The maximum Gasteiger partial charge on any atom is 0.231 e. The number of nitrogens with one attached hydrogen (secondary N) is 2. The van der Waals surface area contributed by atoms with Crippen LogP contribution in [0.1, 0.15) is 6.42 Å². The van der Waals surface area contributed by atoms with Crippen molar-refractivity contribution >= 4 is 28.4 Å². The molecule has 0 unspecified atom stereocenters. The number of hydrogen-bond acceptors (Lipinski definition) is 6. The normalized spacial score (nSPS) is 18.4. The van der Waals surface area contributed by atoms with Crippen LogP contribution in [0.5, 0.6) is 5.88 Å². The number of carbonyl (C=O) groups is 1. The second-order valence-corrected chi connectivity index (χ2v) is 6.42. The number of halogens is 1. The Kier molecular flexibility index (Phi) is 4.14. The van der Waals surface area contributed by atoms with Gasteiger partial charge in [0.05, 0.1) is 30.4 Å². The third kappa shape index (κ3) is 2.94. The van der Waals surface area contributed by atoms with E-state index < -0.39 is 12.1 Å². The molecule has 0 radical (unpaired) electrons. The largest absolute Gasteiger partial charge is 0.480 e. The number of amides is 1. The summed E-state index contributed by atoms with van der Waals surface area (Å²) in [5, 5.41) is 6.60. The fourth-order valence-corrected chi connectivity index (χ4v) is 3.14. The Balaban J connectivity index is 1.75. The number of alkyl halides is 1. The van der Waals surface area contributed by atoms with E-state index in [0.717, 1.165) is 22.2 Å². The molecule has 8 nitrogen and oxygen atoms in total. The van der Waals surface area contributed by atoms with E-state index in [1.54, 1.807) is 26.4 Å². The summed E-state index contributed by atoms with van der Waals surface area (Å²) in [7, 11) is 5.24. The highest BCUT2D eigenvalue weighted by Crippen LogP contribution is 2.37. The van der Waals surface area contributed by atoms with Gasteiger partial charge in [-0.15, -0.1) is 0 Å². The van der Waals surface area contributed by atoms with Gasteiger partial charge in [0, 0.05) is 19.5 Å². The molecule has 9 heteroatoms. The van der Waals surface area contributed by atoms with Gasteiger partial charge in [0.15, 0.2) is 0 Å². The van der Waals surface area contributed by atoms with Crippen LogP contribution in [0.25, 0.3) is 22.2 Å². The van der Waals surface area contributed by atoms with E-state index in [9.17, 15) is 9.18 Å². The van der Waals surface area contributed by atoms with E-state index in [1.165, 1.54) is 6.33 Å². The minimum absolute atomic E-state index is 0.282. The van der Waals surface area contributed by atoms with Crippen LogP contribution in [0.3, 0.4) is 0 Å². The Hall–Kier alpha value is -3.23. The molecule has 1 amide bonds. The molecule has 3 aromatic heterocycles. The number of hydrogen-bond donors (Lipinski definition) is 2. The van der Waals surface area contributed by atoms with Gasteiger partial charge in [0.25, 0.3) is 0 Å². The van der Waals surface area contributed by atoms with Crippen LogP contribution in [-0.2, 0) is 11.8 Å². The van der Waals surface area contributed by atoms with E-state index in [-0.39, 0.29) is 12.3 Å². The minimum Gasteiger partial charge on any atom is -0.480 e. The van der Waals surface area contributed by atoms with E-state index >= 15 is 0 Å². The molecule has 3 heterocycles. The summed E-state index contributed by atoms with van der Waals surface area (Å²) in [4.78, 5) is 24.7. The standard InChI is InChI=1S/C18H19FN6O2/c1-20-16-15(18(27-3)23-8-22-16)12-4-9-5-14(21-7-13(9)25(12)2)24-17(26)10-6-11(10)19/h4-5,7-8,10-11H,6H2,1-3H3,(H,20,22,23)(H,21,24,26)/t10-,11+/m1/s1. The zero-order chi connectivity index (χ0) is 19.1. The van der Waals surface area contributed by atoms with Crippen molar-refractivity contribution in [2.75, 3.05) is 24.8 Å². The first kappa shape index (κ1) is 17.2. The topological polar surface area (TPSA) is 94.0 Å². The molecule has 1 saturated carbocycles. The third-order valence-corrected chi connectivity index (χ3v) is 4.73. The number of aromatic nitrogens is 4. The highest BCUT2D eigenvalue weighted by atomic mass is 19.1. The lowest BCUT2D eigenvalue weighted by molar-refractivity contribution is -0.117. The molecule has 4 rings (SSSR count). The van der Waals surface area contributed by atoms with Gasteiger partial charge >= 0.3 is 0 Å². The van der Waals surface area contributed by atoms with Gasteiger partial charge in [-0.2, -0.15) is 0 Å². The van der Waals surface area contributed by atoms with E-state index in [2.05, 4.69) is 25.6 Å². The first-order valence-corrected chi connectivity index (χ1v) is 8.51. The molecule has 140 valence electrons. The van der Waals surface area contributed by atoms with Crippen molar-refractivity contribution in [2.24, 2.45) is 13.0 Å². The Morgan fingerprint density at radius 1 is 1.33 bits per heavy atom. The predicted octanol–water partition coefficient (Wildman–Crippen LogP) is 2.38. The average molecular weight is 370 g/mol. The van der Waals surface area contributed by atoms with Gasteiger partial charge < -0.3 is 19.9 Å². The first-order chi connectivity index (χ1) is 13.0. The molecule has 0 saturated heterocycles. The molecule has 1 aliphatic rings. The highest BCUT2D eigenvalue weighted by Gasteiger charge is 2.43. The van der Waals surface area contributed by atoms with Crippen molar-refractivity contribution in [1.82, 2.24) is 19.5 Å². The lowest BCUT2D eigenvalue weighted by Crippen LogP contribution is -2.15. The van der Waals surface area contributed by atoms with Gasteiger partial charge in [-0.1, -0.05) is 0 Å². The highest BCUT2D eigenvalue weighted by molar-refractivity contribution is 5.97. The third-order valence-electron chi connectivity index (χ3n) is 4.73. The summed E-state index contributed by atoms with van der Waals surface area (Å²) in [6.45, 7) is 0. The van der Waals surface area contributed by atoms with E-state index in [4.69, 9.17) is 4.74 Å². The summed E-state index contributed by atoms with van der Waals surface area (Å²) in [5.41, 5.74) is 2.43. The molecule has 3 aromatic rings. The molecular formula is C18H19FN6O2. The van der Waals surface area contributed by atoms with Crippen molar-refractivity contribution in [3.05, 3.63) is 24.7 Å². The van der Waals surface area contributed by atoms with Gasteiger partial charge in [0.2, 0.25) is 11.8 Å². The van der Waals surface area contributed by atoms with Gasteiger partial charge in [0.1, 0.15) is 29.7 Å². The molecule has 0 aliphatic heterocycles. The minimum atomic E-state index is -1.04. The van der Waals surface area contributed by atoms with Gasteiger partial charge in [-0.25, -0.2) is 19.3 Å². The number of rotatable bonds is 5. The second-order valence-electron chi connectivity index (χ2n) is 6.42. The van der Waals surface area contributed by atoms with Crippen LogP contribution in [0, 0.1) is 5.92 Å². The van der Waals surface area contributed by atoms with Crippen LogP contribution in [0.2, 0.25) is 0 Å². The van der Waals surface area contributed by atoms with Gasteiger partial charge in [-0.3, -0.25) is 4.79 Å². The monoisotopic (exact) mass is 370 g/mol. The molecule has 0 aromatic carbocycles. The number of methoxy groups -OCH3 is 1. The molecule has 2 N–H and O–H groups in total. The van der Waals surface area contributed by atoms with Crippen LogP contribution in [0.15, 0.2) is 24.7 Å². The van der Waals surface area contributed by atoms with E-state index in [0.29, 0.717) is 17.5 Å². The Labute approximate surface area is 154 Å². The number of carbonyl (C=O) groups excluding carboxylic acids is 1. The first-order valence-electron chi connectivity index (χ1n) is 8.51. The summed E-state index contributed by atoms with van der Waals surface area (Å²) >= 11 is 0. The van der Waals surface area contributed by atoms with Gasteiger partial charge in [-0.05, 0) is 18.6 Å². The van der Waals surface area contributed by atoms with Crippen molar-refractivity contribution in [1.29, 1.82) is 0 Å². The van der Waals surface area contributed by atoms with Crippen LogP contribution < -0.4 is 15.4 Å². The summed E-state index contributed by atoms with van der Waals surface area (Å²) in [6, 6.07) is 3.71. The molecule has 27 heavy (non-hydrogen) atoms. The second kappa shape index (κ2) is 6.49. The van der Waals surface area contributed by atoms with Crippen molar-refractivity contribution in [2.45, 2.75) is 12.6 Å². The van der Waals surface area contributed by atoms with Crippen molar-refractivity contribution in [3.8, 4) is 17.1 Å². The Bertz CT molecular complexity index is 1010. The Morgan fingerprint density at radius 2 is 2.11 bits per heavy atom. The number of anilines is 2. The quantitative estimate of drug-likeness (QED) is 0.716. The smallest absolute Gasteiger partial charge is 0.231 e. The molecule has 1 fully saturated rings. The maximum absolute atomic E-state index is 13.1. The predicted molar refractivity (Wildman–Crippen MR) is 99.5 cm³/mol. The molecule has 0 spiro atoms. The van der Waals surface area contributed by atoms with Crippen LogP contribution >= 0.6 is 0 Å². The lowest BCUT2D eigenvalue weighted by atomic mass is 10.2. The van der Waals surface area contributed by atoms with E-state index in [1.807, 2.05) is 17.7 Å².